The quantitative estimate of drug-likeness (QED) is 0.711. The van der Waals surface area contributed by atoms with E-state index in [9.17, 15) is 0 Å². The third kappa shape index (κ3) is 5.81. The van der Waals surface area contributed by atoms with E-state index in [0.717, 1.165) is 31.5 Å². The summed E-state index contributed by atoms with van der Waals surface area (Å²) >= 11 is 0. The van der Waals surface area contributed by atoms with Crippen molar-refractivity contribution in [3.63, 3.8) is 0 Å². The van der Waals surface area contributed by atoms with E-state index in [1.807, 2.05) is 6.92 Å². The predicted molar refractivity (Wildman–Crippen MR) is 119 cm³/mol. The lowest BCUT2D eigenvalue weighted by Gasteiger charge is -2.42. The van der Waals surface area contributed by atoms with Crippen LogP contribution in [0, 0.1) is 0 Å². The minimum Gasteiger partial charge on any atom is -0.494 e. The van der Waals surface area contributed by atoms with Crippen molar-refractivity contribution in [2.75, 3.05) is 45.9 Å². The van der Waals surface area contributed by atoms with Crippen molar-refractivity contribution >= 4 is 0 Å². The molecule has 0 bridgehead atoms. The Morgan fingerprint density at radius 3 is 1.93 bits per heavy atom. The molecule has 4 rings (SSSR count). The molecule has 0 unspecified atom stereocenters. The summed E-state index contributed by atoms with van der Waals surface area (Å²) in [5.74, 6) is 0.973. The number of ether oxygens (including phenoxy) is 1. The van der Waals surface area contributed by atoms with Crippen molar-refractivity contribution in [2.45, 2.75) is 38.9 Å². The van der Waals surface area contributed by atoms with E-state index in [4.69, 9.17) is 4.74 Å². The van der Waals surface area contributed by atoms with Crippen LogP contribution >= 0.6 is 0 Å². The maximum atomic E-state index is 5.55. The van der Waals surface area contributed by atoms with Crippen molar-refractivity contribution in [1.29, 1.82) is 0 Å². The molecule has 0 saturated carbocycles. The van der Waals surface area contributed by atoms with Gasteiger partial charge in [0.25, 0.3) is 0 Å². The fraction of sp³-hybridized carbons (Fsp3) is 0.520. The van der Waals surface area contributed by atoms with Gasteiger partial charge in [0.05, 0.1) is 6.61 Å². The molecule has 0 atom stereocenters. The lowest BCUT2D eigenvalue weighted by atomic mass is 10.0. The number of rotatable bonds is 7. The fourth-order valence-electron chi connectivity index (χ4n) is 4.69. The van der Waals surface area contributed by atoms with Gasteiger partial charge in [-0.05, 0) is 56.1 Å². The van der Waals surface area contributed by atoms with Gasteiger partial charge in [-0.15, -0.1) is 0 Å². The van der Waals surface area contributed by atoms with Crippen LogP contribution < -0.4 is 4.74 Å². The first-order valence-electron chi connectivity index (χ1n) is 11.2. The Balaban J connectivity index is 1.18. The second-order valence-electron chi connectivity index (χ2n) is 8.38. The highest BCUT2D eigenvalue weighted by atomic mass is 16.5. The van der Waals surface area contributed by atoms with Crippen molar-refractivity contribution in [1.82, 2.24) is 14.7 Å². The third-order valence-corrected chi connectivity index (χ3v) is 6.37. The lowest BCUT2D eigenvalue weighted by Crippen LogP contribution is -2.52. The molecule has 4 heteroatoms. The van der Waals surface area contributed by atoms with Crippen LogP contribution in [0.4, 0.5) is 0 Å². The summed E-state index contributed by atoms with van der Waals surface area (Å²) < 4.78 is 5.55. The van der Waals surface area contributed by atoms with Gasteiger partial charge in [0.2, 0.25) is 0 Å². The molecule has 0 aliphatic carbocycles. The standard InChI is InChI=1S/C25H35N3O/c1-2-29-25-10-8-23(9-11-25)21-26-14-12-24(13-15-26)28-18-16-27(17-19-28)20-22-6-4-3-5-7-22/h3-11,24H,2,12-21H2,1H3. The van der Waals surface area contributed by atoms with Gasteiger partial charge in [-0.25, -0.2) is 0 Å². The molecule has 2 fully saturated rings. The molecule has 4 nitrogen and oxygen atoms in total. The second-order valence-corrected chi connectivity index (χ2v) is 8.38. The van der Waals surface area contributed by atoms with Crippen LogP contribution in [0.2, 0.25) is 0 Å². The number of hydrogen-bond donors (Lipinski definition) is 0. The van der Waals surface area contributed by atoms with Crippen LogP contribution in [0.5, 0.6) is 5.75 Å². The molecule has 0 spiro atoms. The molecular formula is C25H35N3O. The maximum Gasteiger partial charge on any atom is 0.119 e. The Bertz CT molecular complexity index is 717. The van der Waals surface area contributed by atoms with Gasteiger partial charge in [0.1, 0.15) is 5.75 Å². The number of piperidine rings is 1. The average Bonchev–Trinajstić information content (AvgIpc) is 2.77. The van der Waals surface area contributed by atoms with Gasteiger partial charge in [0, 0.05) is 45.3 Å². The summed E-state index contributed by atoms with van der Waals surface area (Å²) in [6.07, 6.45) is 2.60. The van der Waals surface area contributed by atoms with E-state index in [-0.39, 0.29) is 0 Å². The van der Waals surface area contributed by atoms with Crippen molar-refractivity contribution < 1.29 is 4.74 Å². The third-order valence-electron chi connectivity index (χ3n) is 6.37. The fourth-order valence-corrected chi connectivity index (χ4v) is 4.69. The van der Waals surface area contributed by atoms with E-state index in [2.05, 4.69) is 69.3 Å². The summed E-state index contributed by atoms with van der Waals surface area (Å²) in [6.45, 7) is 12.2. The Morgan fingerprint density at radius 1 is 0.724 bits per heavy atom. The van der Waals surface area contributed by atoms with E-state index >= 15 is 0 Å². The Hall–Kier alpha value is -1.88. The van der Waals surface area contributed by atoms with E-state index < -0.39 is 0 Å². The summed E-state index contributed by atoms with van der Waals surface area (Å²) in [4.78, 5) is 7.96. The summed E-state index contributed by atoms with van der Waals surface area (Å²) in [5.41, 5.74) is 2.82. The SMILES string of the molecule is CCOc1ccc(CN2CCC(N3CCN(Cc4ccccc4)CC3)CC2)cc1. The monoisotopic (exact) mass is 393 g/mol. The van der Waals surface area contributed by atoms with E-state index in [1.54, 1.807) is 0 Å². The van der Waals surface area contributed by atoms with Crippen molar-refractivity contribution in [2.24, 2.45) is 0 Å². The molecule has 0 N–H and O–H groups in total. The van der Waals surface area contributed by atoms with Crippen LogP contribution in [0.1, 0.15) is 30.9 Å². The normalized spacial score (nSPS) is 20.0. The predicted octanol–water partition coefficient (Wildman–Crippen LogP) is 3.87. The van der Waals surface area contributed by atoms with Gasteiger partial charge < -0.3 is 4.74 Å². The largest absolute Gasteiger partial charge is 0.494 e. The van der Waals surface area contributed by atoms with Crippen LogP contribution in [-0.4, -0.2) is 66.6 Å². The molecule has 2 aliphatic rings. The maximum absolute atomic E-state index is 5.55. The highest BCUT2D eigenvalue weighted by molar-refractivity contribution is 5.27. The molecule has 2 heterocycles. The molecule has 2 aromatic rings. The first kappa shape index (κ1) is 20.4. The molecule has 0 radical (unpaired) electrons. The average molecular weight is 394 g/mol. The Morgan fingerprint density at radius 2 is 1.31 bits per heavy atom. The molecule has 0 amide bonds. The summed E-state index contributed by atoms with van der Waals surface area (Å²) in [6, 6.07) is 20.3. The summed E-state index contributed by atoms with van der Waals surface area (Å²) in [5, 5.41) is 0. The Labute approximate surface area is 176 Å². The molecule has 0 aromatic heterocycles. The van der Waals surface area contributed by atoms with Gasteiger partial charge in [-0.1, -0.05) is 42.5 Å². The van der Waals surface area contributed by atoms with Gasteiger partial charge in [-0.2, -0.15) is 0 Å². The Kier molecular flexibility index (Phi) is 7.20. The number of likely N-dealkylation sites (tertiary alicyclic amines) is 1. The van der Waals surface area contributed by atoms with E-state index in [0.29, 0.717) is 0 Å². The van der Waals surface area contributed by atoms with Crippen LogP contribution in [0.25, 0.3) is 0 Å². The first-order chi connectivity index (χ1) is 14.3. The molecule has 2 aromatic carbocycles. The molecule has 156 valence electrons. The highest BCUT2D eigenvalue weighted by Gasteiger charge is 2.27. The number of piperazine rings is 1. The molecule has 29 heavy (non-hydrogen) atoms. The zero-order chi connectivity index (χ0) is 19.9. The zero-order valence-electron chi connectivity index (χ0n) is 17.8. The highest BCUT2D eigenvalue weighted by Crippen LogP contribution is 2.21. The van der Waals surface area contributed by atoms with Gasteiger partial charge in [0.15, 0.2) is 0 Å². The van der Waals surface area contributed by atoms with Crippen LogP contribution in [0.15, 0.2) is 54.6 Å². The van der Waals surface area contributed by atoms with Gasteiger partial charge >= 0.3 is 0 Å². The van der Waals surface area contributed by atoms with Crippen molar-refractivity contribution in [3.8, 4) is 5.75 Å². The molecular weight excluding hydrogens is 358 g/mol. The first-order valence-corrected chi connectivity index (χ1v) is 11.2. The smallest absolute Gasteiger partial charge is 0.119 e. The zero-order valence-corrected chi connectivity index (χ0v) is 17.8. The number of benzene rings is 2. The van der Waals surface area contributed by atoms with E-state index in [1.165, 1.54) is 63.2 Å². The molecule has 2 saturated heterocycles. The minimum absolute atomic E-state index is 0.730. The topological polar surface area (TPSA) is 19.0 Å². The van der Waals surface area contributed by atoms with Crippen LogP contribution in [-0.2, 0) is 13.1 Å². The lowest BCUT2D eigenvalue weighted by molar-refractivity contribution is 0.0550. The second kappa shape index (κ2) is 10.2. The van der Waals surface area contributed by atoms with Crippen molar-refractivity contribution in [3.05, 3.63) is 65.7 Å². The molecule has 2 aliphatic heterocycles. The minimum atomic E-state index is 0.730. The summed E-state index contributed by atoms with van der Waals surface area (Å²) in [7, 11) is 0. The van der Waals surface area contributed by atoms with Crippen LogP contribution in [0.3, 0.4) is 0 Å². The number of nitrogens with zero attached hydrogens (tertiary/aromatic N) is 3. The van der Waals surface area contributed by atoms with Gasteiger partial charge in [-0.3, -0.25) is 14.7 Å². The number of hydrogen-bond acceptors (Lipinski definition) is 4.